The summed E-state index contributed by atoms with van der Waals surface area (Å²) in [5, 5.41) is 2.22. The molecule has 10 heteroatoms. The summed E-state index contributed by atoms with van der Waals surface area (Å²) in [4.78, 5) is 30.3. The van der Waals surface area contributed by atoms with Gasteiger partial charge >= 0.3 is 0 Å². The first kappa shape index (κ1) is 24.5. The van der Waals surface area contributed by atoms with Gasteiger partial charge in [-0.25, -0.2) is 17.6 Å². The second kappa shape index (κ2) is 11.1. The minimum atomic E-state index is -1.66. The molecular weight excluding hydrogens is 440 g/mol. The van der Waals surface area contributed by atoms with Crippen molar-refractivity contribution in [2.24, 2.45) is 0 Å². The minimum absolute atomic E-state index is 0.0266. The highest BCUT2D eigenvalue weighted by Crippen LogP contribution is 2.21. The second-order valence-electron chi connectivity index (χ2n) is 7.80. The van der Waals surface area contributed by atoms with E-state index in [0.29, 0.717) is 44.8 Å². The van der Waals surface area contributed by atoms with Crippen molar-refractivity contribution < 1.29 is 27.2 Å². The fourth-order valence-corrected chi connectivity index (χ4v) is 3.74. The molecule has 1 aliphatic heterocycles. The Morgan fingerprint density at radius 2 is 1.61 bits per heavy atom. The maximum absolute atomic E-state index is 14.0. The van der Waals surface area contributed by atoms with Crippen LogP contribution in [0.4, 0.5) is 28.9 Å². The third-order valence-electron chi connectivity index (χ3n) is 5.40. The minimum Gasteiger partial charge on any atom is -0.366 e. The largest absolute Gasteiger partial charge is 0.366 e. The van der Waals surface area contributed by atoms with E-state index < -0.39 is 29.0 Å². The van der Waals surface area contributed by atoms with Gasteiger partial charge < -0.3 is 15.1 Å². The van der Waals surface area contributed by atoms with Gasteiger partial charge in [-0.2, -0.15) is 0 Å². The smallest absolute Gasteiger partial charge is 0.238 e. The summed E-state index contributed by atoms with van der Waals surface area (Å²) in [6.45, 7) is 3.88. The number of piperazine rings is 1. The molecule has 0 atom stereocenters. The first-order chi connectivity index (χ1) is 15.8. The molecule has 3 rings (SSSR count). The Hall–Kier alpha value is -3.14. The molecule has 0 aliphatic carbocycles. The lowest BCUT2D eigenvalue weighted by Gasteiger charge is -2.37. The molecule has 1 heterocycles. The van der Waals surface area contributed by atoms with E-state index in [-0.39, 0.29) is 24.8 Å². The number of carbonyl (C=O) groups is 2. The Morgan fingerprint density at radius 1 is 0.909 bits per heavy atom. The third kappa shape index (κ3) is 6.22. The fourth-order valence-electron chi connectivity index (χ4n) is 3.74. The summed E-state index contributed by atoms with van der Waals surface area (Å²) < 4.78 is 54.3. The van der Waals surface area contributed by atoms with Gasteiger partial charge in [-0.05, 0) is 37.2 Å². The highest BCUT2D eigenvalue weighted by molar-refractivity contribution is 5.92. The topological polar surface area (TPSA) is 55.9 Å². The molecule has 6 nitrogen and oxygen atoms in total. The average Bonchev–Trinajstić information content (AvgIpc) is 2.80. The molecular formula is C23H26F4N4O2. The number of nitrogens with zero attached hydrogens (tertiary/aromatic N) is 3. The fraction of sp³-hybridized carbons (Fsp3) is 0.391. The Kier molecular flexibility index (Phi) is 8.26. The molecule has 0 saturated carbocycles. The molecule has 2 amide bonds. The summed E-state index contributed by atoms with van der Waals surface area (Å²) in [6, 6.07) is 8.14. The average molecular weight is 466 g/mol. The van der Waals surface area contributed by atoms with Gasteiger partial charge in [-0.1, -0.05) is 19.1 Å². The van der Waals surface area contributed by atoms with Crippen molar-refractivity contribution in [1.29, 1.82) is 0 Å². The molecule has 1 aliphatic rings. The van der Waals surface area contributed by atoms with E-state index in [1.54, 1.807) is 28.0 Å². The number of anilines is 2. The number of para-hydroxylation sites is 1. The van der Waals surface area contributed by atoms with Crippen molar-refractivity contribution in [3.05, 3.63) is 59.7 Å². The summed E-state index contributed by atoms with van der Waals surface area (Å²) in [6.07, 6.45) is 0.668. The molecule has 0 radical (unpaired) electrons. The Bertz CT molecular complexity index is 996. The third-order valence-corrected chi connectivity index (χ3v) is 5.40. The van der Waals surface area contributed by atoms with Crippen LogP contribution in [0.2, 0.25) is 0 Å². The molecule has 0 unspecified atom stereocenters. The van der Waals surface area contributed by atoms with Crippen molar-refractivity contribution in [3.8, 4) is 0 Å². The van der Waals surface area contributed by atoms with Crippen molar-refractivity contribution >= 4 is 23.2 Å². The number of hydrogen-bond acceptors (Lipinski definition) is 4. The maximum atomic E-state index is 14.0. The predicted molar refractivity (Wildman–Crippen MR) is 117 cm³/mol. The maximum Gasteiger partial charge on any atom is 0.238 e. The van der Waals surface area contributed by atoms with Crippen LogP contribution in [0.3, 0.4) is 0 Å². The Morgan fingerprint density at radius 3 is 2.27 bits per heavy atom. The van der Waals surface area contributed by atoms with Crippen LogP contribution in [0.25, 0.3) is 0 Å². The van der Waals surface area contributed by atoms with Crippen molar-refractivity contribution in [3.63, 3.8) is 0 Å². The number of rotatable bonds is 8. The predicted octanol–water partition coefficient (Wildman–Crippen LogP) is 3.24. The van der Waals surface area contributed by atoms with E-state index in [1.165, 1.54) is 6.07 Å². The summed E-state index contributed by atoms with van der Waals surface area (Å²) in [7, 11) is 0. The lowest BCUT2D eigenvalue weighted by Crippen LogP contribution is -2.52. The molecule has 0 aromatic heterocycles. The van der Waals surface area contributed by atoms with Crippen LogP contribution in [0.1, 0.15) is 13.3 Å². The van der Waals surface area contributed by atoms with Gasteiger partial charge in [0, 0.05) is 26.2 Å². The molecule has 2 aromatic rings. The van der Waals surface area contributed by atoms with E-state index in [1.807, 2.05) is 11.8 Å². The zero-order chi connectivity index (χ0) is 24.0. The molecule has 1 saturated heterocycles. The molecule has 33 heavy (non-hydrogen) atoms. The quantitative estimate of drug-likeness (QED) is 0.480. The van der Waals surface area contributed by atoms with E-state index in [0.717, 1.165) is 12.1 Å². The first-order valence-electron chi connectivity index (χ1n) is 10.7. The monoisotopic (exact) mass is 466 g/mol. The van der Waals surface area contributed by atoms with Crippen molar-refractivity contribution in [2.45, 2.75) is 13.3 Å². The zero-order valence-electron chi connectivity index (χ0n) is 18.3. The standard InChI is InChI=1S/C23H26F4N4O2/c1-2-9-29(14-20(32)28-18-8-7-17(25)22(26)23(18)27)15-21(33)31-12-10-30(11-13-31)19-6-4-3-5-16(19)24/h3-8H,2,9-15H2,1H3,(H,28,32). The van der Waals surface area contributed by atoms with E-state index in [9.17, 15) is 27.2 Å². The molecule has 1 N–H and O–H groups in total. The van der Waals surface area contributed by atoms with Gasteiger partial charge in [0.05, 0.1) is 24.5 Å². The van der Waals surface area contributed by atoms with Gasteiger partial charge in [0.2, 0.25) is 11.8 Å². The zero-order valence-corrected chi connectivity index (χ0v) is 18.3. The van der Waals surface area contributed by atoms with Crippen LogP contribution >= 0.6 is 0 Å². The molecule has 0 bridgehead atoms. The SMILES string of the molecule is CCCN(CC(=O)Nc1ccc(F)c(F)c1F)CC(=O)N1CCN(c2ccccc2F)CC1. The highest BCUT2D eigenvalue weighted by atomic mass is 19.2. The summed E-state index contributed by atoms with van der Waals surface area (Å²) in [5.41, 5.74) is 0.0317. The van der Waals surface area contributed by atoms with Gasteiger partial charge in [-0.3, -0.25) is 14.5 Å². The summed E-state index contributed by atoms with van der Waals surface area (Å²) >= 11 is 0. The number of amides is 2. The lowest BCUT2D eigenvalue weighted by atomic mass is 10.2. The molecule has 0 spiro atoms. The number of halogens is 4. The van der Waals surface area contributed by atoms with Gasteiger partial charge in [0.1, 0.15) is 5.82 Å². The Labute approximate surface area is 189 Å². The van der Waals surface area contributed by atoms with Crippen LogP contribution < -0.4 is 10.2 Å². The second-order valence-corrected chi connectivity index (χ2v) is 7.80. The van der Waals surface area contributed by atoms with Crippen LogP contribution in [-0.2, 0) is 9.59 Å². The van der Waals surface area contributed by atoms with E-state index in [2.05, 4.69) is 5.32 Å². The van der Waals surface area contributed by atoms with Crippen molar-refractivity contribution in [2.75, 3.05) is 56.0 Å². The lowest BCUT2D eigenvalue weighted by molar-refractivity contribution is -0.133. The number of benzene rings is 2. The van der Waals surface area contributed by atoms with Crippen LogP contribution in [-0.4, -0.2) is 67.4 Å². The number of nitrogens with one attached hydrogen (secondary N) is 1. The van der Waals surface area contributed by atoms with Crippen LogP contribution in [0.5, 0.6) is 0 Å². The van der Waals surface area contributed by atoms with Crippen molar-refractivity contribution in [1.82, 2.24) is 9.80 Å². The number of hydrogen-bond donors (Lipinski definition) is 1. The van der Waals surface area contributed by atoms with E-state index >= 15 is 0 Å². The normalized spacial score (nSPS) is 14.0. The highest BCUT2D eigenvalue weighted by Gasteiger charge is 2.25. The van der Waals surface area contributed by atoms with Gasteiger partial charge in [0.15, 0.2) is 17.5 Å². The molecule has 178 valence electrons. The van der Waals surface area contributed by atoms with Crippen LogP contribution in [0, 0.1) is 23.3 Å². The molecule has 1 fully saturated rings. The summed E-state index contributed by atoms with van der Waals surface area (Å²) in [5.74, 6) is -5.63. The molecule has 2 aromatic carbocycles. The van der Waals surface area contributed by atoms with E-state index in [4.69, 9.17) is 0 Å². The first-order valence-corrected chi connectivity index (χ1v) is 10.7. The number of carbonyl (C=O) groups excluding carboxylic acids is 2. The van der Waals surface area contributed by atoms with Gasteiger partial charge in [-0.15, -0.1) is 0 Å². The van der Waals surface area contributed by atoms with Gasteiger partial charge in [0.25, 0.3) is 0 Å². The Balaban J connectivity index is 1.54. The van der Waals surface area contributed by atoms with Crippen LogP contribution in [0.15, 0.2) is 36.4 Å².